The molecule has 0 aliphatic carbocycles. The number of ether oxygens (including phenoxy) is 1. The van der Waals surface area contributed by atoms with E-state index in [1.54, 1.807) is 36.4 Å². The Kier molecular flexibility index (Phi) is 4.18. The highest BCUT2D eigenvalue weighted by Gasteiger charge is 2.37. The van der Waals surface area contributed by atoms with Crippen molar-refractivity contribution in [2.45, 2.75) is 13.2 Å². The Balaban J connectivity index is 2.04. The van der Waals surface area contributed by atoms with E-state index in [4.69, 9.17) is 16.3 Å². The Hall–Kier alpha value is -2.93. The zero-order valence-electron chi connectivity index (χ0n) is 12.5. The van der Waals surface area contributed by atoms with Gasteiger partial charge in [-0.15, -0.1) is 5.10 Å². The zero-order chi connectivity index (χ0) is 17.3. The van der Waals surface area contributed by atoms with E-state index in [9.17, 15) is 14.9 Å². The predicted molar refractivity (Wildman–Crippen MR) is 87.4 cm³/mol. The molecule has 1 atom stereocenters. The van der Waals surface area contributed by atoms with Crippen molar-refractivity contribution < 1.29 is 14.5 Å². The highest BCUT2D eigenvalue weighted by atomic mass is 35.5. The fourth-order valence-corrected chi connectivity index (χ4v) is 2.59. The topological polar surface area (TPSA) is 85.0 Å². The van der Waals surface area contributed by atoms with E-state index in [1.807, 2.05) is 0 Å². The minimum atomic E-state index is -1.02. The third-order valence-electron chi connectivity index (χ3n) is 3.47. The Morgan fingerprint density at radius 3 is 2.58 bits per heavy atom. The molecular weight excluding hydrogens is 334 g/mol. The van der Waals surface area contributed by atoms with Crippen LogP contribution < -0.4 is 0 Å². The molecule has 0 fully saturated rings. The molecular formula is C16H12ClN3O4. The first-order chi connectivity index (χ1) is 11.5. The van der Waals surface area contributed by atoms with Gasteiger partial charge in [-0.25, -0.2) is 0 Å². The second-order valence-electron chi connectivity index (χ2n) is 5.03. The molecule has 0 spiro atoms. The summed E-state index contributed by atoms with van der Waals surface area (Å²) in [6, 6.07) is 12.9. The van der Waals surface area contributed by atoms with Gasteiger partial charge in [0.25, 0.3) is 5.69 Å². The van der Waals surface area contributed by atoms with Gasteiger partial charge in [0.2, 0.25) is 18.0 Å². The van der Waals surface area contributed by atoms with Crippen molar-refractivity contribution >= 4 is 29.1 Å². The summed E-state index contributed by atoms with van der Waals surface area (Å²) in [5.41, 5.74) is 0.597. The number of hydrogen-bond acceptors (Lipinski definition) is 5. The van der Waals surface area contributed by atoms with Crippen LogP contribution in [0.1, 0.15) is 24.3 Å². The minimum absolute atomic E-state index is 0.138. The highest BCUT2D eigenvalue weighted by Crippen LogP contribution is 2.36. The summed E-state index contributed by atoms with van der Waals surface area (Å²) in [5, 5.41) is 16.9. The molecule has 122 valence electrons. The van der Waals surface area contributed by atoms with E-state index in [2.05, 4.69) is 5.10 Å². The van der Waals surface area contributed by atoms with Crippen LogP contribution in [0.4, 0.5) is 5.69 Å². The average molecular weight is 346 g/mol. The Morgan fingerprint density at radius 1 is 1.25 bits per heavy atom. The lowest BCUT2D eigenvalue weighted by Gasteiger charge is -2.19. The molecule has 1 aliphatic heterocycles. The van der Waals surface area contributed by atoms with Gasteiger partial charge < -0.3 is 4.74 Å². The third kappa shape index (κ3) is 2.81. The molecule has 2 aromatic carbocycles. The van der Waals surface area contributed by atoms with Gasteiger partial charge in [-0.3, -0.25) is 14.9 Å². The number of nitro benzene ring substituents is 1. The lowest BCUT2D eigenvalue weighted by Crippen LogP contribution is -2.25. The number of amides is 1. The number of rotatable bonds is 3. The maximum Gasteiger partial charge on any atom is 0.278 e. The van der Waals surface area contributed by atoms with Crippen LogP contribution in [0.3, 0.4) is 0 Å². The molecule has 0 N–H and O–H groups in total. The molecule has 1 unspecified atom stereocenters. The summed E-state index contributed by atoms with van der Waals surface area (Å²) in [7, 11) is 0. The molecule has 0 radical (unpaired) electrons. The minimum Gasteiger partial charge on any atom is -0.445 e. The van der Waals surface area contributed by atoms with Gasteiger partial charge in [0.1, 0.15) is 0 Å². The van der Waals surface area contributed by atoms with Crippen LogP contribution in [0, 0.1) is 10.1 Å². The van der Waals surface area contributed by atoms with Crippen LogP contribution in [0.2, 0.25) is 5.02 Å². The summed E-state index contributed by atoms with van der Waals surface area (Å²) in [6.45, 7) is 1.31. The second-order valence-corrected chi connectivity index (χ2v) is 5.44. The first-order valence-electron chi connectivity index (χ1n) is 7.02. The number of hydrogen-bond donors (Lipinski definition) is 0. The Labute approximate surface area is 142 Å². The monoisotopic (exact) mass is 345 g/mol. The molecule has 0 saturated heterocycles. The maximum absolute atomic E-state index is 11.9. The van der Waals surface area contributed by atoms with Crippen molar-refractivity contribution in [1.29, 1.82) is 0 Å². The molecule has 7 nitrogen and oxygen atoms in total. The maximum atomic E-state index is 11.9. The fourth-order valence-electron chi connectivity index (χ4n) is 2.37. The van der Waals surface area contributed by atoms with E-state index >= 15 is 0 Å². The lowest BCUT2D eigenvalue weighted by molar-refractivity contribution is -0.386. The first kappa shape index (κ1) is 15.9. The van der Waals surface area contributed by atoms with Crippen LogP contribution in [-0.2, 0) is 9.53 Å². The molecule has 8 heteroatoms. The van der Waals surface area contributed by atoms with Crippen LogP contribution in [-0.4, -0.2) is 21.7 Å². The van der Waals surface area contributed by atoms with Crippen molar-refractivity contribution in [3.63, 3.8) is 0 Å². The fraction of sp³-hybridized carbons (Fsp3) is 0.125. The van der Waals surface area contributed by atoms with Gasteiger partial charge in [-0.2, -0.15) is 5.01 Å². The molecule has 0 saturated carbocycles. The molecule has 2 aromatic rings. The lowest BCUT2D eigenvalue weighted by atomic mass is 10.1. The summed E-state index contributed by atoms with van der Waals surface area (Å²) in [4.78, 5) is 22.6. The number of halogens is 1. The van der Waals surface area contributed by atoms with E-state index in [0.29, 0.717) is 10.6 Å². The van der Waals surface area contributed by atoms with E-state index in [1.165, 1.54) is 19.1 Å². The number of nitro groups is 1. The largest absolute Gasteiger partial charge is 0.445 e. The molecule has 0 bridgehead atoms. The zero-order valence-corrected chi connectivity index (χ0v) is 13.3. The smallest absolute Gasteiger partial charge is 0.278 e. The predicted octanol–water partition coefficient (Wildman–Crippen LogP) is 3.49. The van der Waals surface area contributed by atoms with Crippen molar-refractivity contribution in [3.8, 4) is 0 Å². The average Bonchev–Trinajstić information content (AvgIpc) is 3.00. The first-order valence-corrected chi connectivity index (χ1v) is 7.40. The number of carbonyl (C=O) groups is 1. The van der Waals surface area contributed by atoms with Crippen molar-refractivity contribution in [3.05, 3.63) is 74.8 Å². The van der Waals surface area contributed by atoms with E-state index < -0.39 is 17.1 Å². The number of nitrogens with zero attached hydrogens (tertiary/aromatic N) is 3. The van der Waals surface area contributed by atoms with Gasteiger partial charge in [-0.05, 0) is 18.2 Å². The van der Waals surface area contributed by atoms with Gasteiger partial charge in [0, 0.05) is 13.0 Å². The van der Waals surface area contributed by atoms with Gasteiger partial charge in [0.05, 0.1) is 21.1 Å². The van der Waals surface area contributed by atoms with Crippen molar-refractivity contribution in [2.75, 3.05) is 0 Å². The summed E-state index contributed by atoms with van der Waals surface area (Å²) >= 11 is 6.13. The van der Waals surface area contributed by atoms with Gasteiger partial charge >= 0.3 is 0 Å². The number of carbonyl (C=O) groups excluding carboxylic acids is 1. The standard InChI is InChI=1S/C16H12ClN3O4/c1-10(21)19-16(12-7-3-5-9-14(12)20(22)23)24-15(18-19)11-6-2-4-8-13(11)17/h2-9,16H,1H3. The number of benzene rings is 2. The summed E-state index contributed by atoms with van der Waals surface area (Å²) in [5.74, 6) is -0.265. The number of para-hydroxylation sites is 1. The molecule has 1 aliphatic rings. The van der Waals surface area contributed by atoms with Crippen molar-refractivity contribution in [1.82, 2.24) is 5.01 Å². The van der Waals surface area contributed by atoms with E-state index in [-0.39, 0.29) is 17.1 Å². The second kappa shape index (κ2) is 6.29. The SMILES string of the molecule is CC(=O)N1N=C(c2ccccc2Cl)OC1c1ccccc1[N+](=O)[O-]. The molecule has 1 amide bonds. The van der Waals surface area contributed by atoms with Crippen LogP contribution in [0.15, 0.2) is 53.6 Å². The molecule has 0 aromatic heterocycles. The number of hydrazone groups is 1. The Bertz CT molecular complexity index is 853. The summed E-state index contributed by atoms with van der Waals surface area (Å²) < 4.78 is 5.75. The Morgan fingerprint density at radius 2 is 1.92 bits per heavy atom. The molecule has 1 heterocycles. The van der Waals surface area contributed by atoms with Gasteiger partial charge in [0.15, 0.2) is 0 Å². The third-order valence-corrected chi connectivity index (χ3v) is 3.80. The van der Waals surface area contributed by atoms with E-state index in [0.717, 1.165) is 5.01 Å². The van der Waals surface area contributed by atoms with Gasteiger partial charge in [-0.1, -0.05) is 35.9 Å². The molecule has 3 rings (SSSR count). The quantitative estimate of drug-likeness (QED) is 0.629. The molecule has 24 heavy (non-hydrogen) atoms. The normalized spacial score (nSPS) is 16.5. The van der Waals surface area contributed by atoms with Crippen LogP contribution in [0.25, 0.3) is 0 Å². The highest BCUT2D eigenvalue weighted by molar-refractivity contribution is 6.33. The summed E-state index contributed by atoms with van der Waals surface area (Å²) in [6.07, 6.45) is -1.02. The van der Waals surface area contributed by atoms with Crippen LogP contribution >= 0.6 is 11.6 Å². The van der Waals surface area contributed by atoms with Crippen LogP contribution in [0.5, 0.6) is 0 Å². The van der Waals surface area contributed by atoms with Crippen molar-refractivity contribution in [2.24, 2.45) is 5.10 Å².